The minimum absolute atomic E-state index is 0.559. The molecule has 0 amide bonds. The van der Waals surface area contributed by atoms with Gasteiger partial charge in [0.1, 0.15) is 0 Å². The van der Waals surface area contributed by atoms with E-state index in [0.717, 1.165) is 12.8 Å². The lowest BCUT2D eigenvalue weighted by molar-refractivity contribution is 0.0713. The topological polar surface area (TPSA) is 20.2 Å². The minimum atomic E-state index is -0.559. The zero-order valence-corrected chi connectivity index (χ0v) is 9.59. The molecule has 0 aliphatic rings. The molecule has 0 unspecified atom stereocenters. The average molecular weight is 192 g/mol. The van der Waals surface area contributed by atoms with Crippen LogP contribution in [0.5, 0.6) is 0 Å². The first kappa shape index (κ1) is 11.3. The molecule has 0 aliphatic heterocycles. The molecule has 1 aromatic rings. The van der Waals surface area contributed by atoms with Crippen molar-refractivity contribution in [3.63, 3.8) is 0 Å². The summed E-state index contributed by atoms with van der Waals surface area (Å²) in [4.78, 5) is 0. The number of hydrogen-bond acceptors (Lipinski definition) is 1. The fourth-order valence-corrected chi connectivity index (χ4v) is 1.51. The van der Waals surface area contributed by atoms with Crippen molar-refractivity contribution in [3.8, 4) is 0 Å². The smallest absolute Gasteiger partial charge is 0.0594 e. The highest BCUT2D eigenvalue weighted by Gasteiger charge is 2.12. The van der Waals surface area contributed by atoms with Gasteiger partial charge >= 0.3 is 0 Å². The molecule has 0 heterocycles. The molecule has 0 radical (unpaired) electrons. The third kappa shape index (κ3) is 3.51. The van der Waals surface area contributed by atoms with Crippen molar-refractivity contribution in [1.29, 1.82) is 0 Å². The fraction of sp³-hybridized carbons (Fsp3) is 0.538. The van der Waals surface area contributed by atoms with Crippen molar-refractivity contribution >= 4 is 0 Å². The molecule has 1 aromatic carbocycles. The van der Waals surface area contributed by atoms with Crippen LogP contribution in [0, 0.1) is 13.8 Å². The lowest BCUT2D eigenvalue weighted by Gasteiger charge is -2.17. The summed E-state index contributed by atoms with van der Waals surface area (Å²) in [7, 11) is 0. The van der Waals surface area contributed by atoms with E-state index < -0.39 is 5.60 Å². The molecule has 0 bridgehead atoms. The second-order valence-electron chi connectivity index (χ2n) is 4.74. The fourth-order valence-electron chi connectivity index (χ4n) is 1.51. The van der Waals surface area contributed by atoms with E-state index in [1.807, 2.05) is 13.8 Å². The van der Waals surface area contributed by atoms with Crippen LogP contribution >= 0.6 is 0 Å². The first-order valence-electron chi connectivity index (χ1n) is 5.17. The van der Waals surface area contributed by atoms with Gasteiger partial charge in [-0.1, -0.05) is 23.8 Å². The highest BCUT2D eigenvalue weighted by molar-refractivity contribution is 5.30. The molecule has 0 atom stereocenters. The van der Waals surface area contributed by atoms with Gasteiger partial charge in [-0.15, -0.1) is 0 Å². The summed E-state index contributed by atoms with van der Waals surface area (Å²) in [5.74, 6) is 0. The zero-order chi connectivity index (χ0) is 10.8. The Morgan fingerprint density at radius 3 is 2.43 bits per heavy atom. The number of benzene rings is 1. The van der Waals surface area contributed by atoms with E-state index in [1.54, 1.807) is 0 Å². The third-order valence-corrected chi connectivity index (χ3v) is 2.51. The molecule has 0 saturated carbocycles. The minimum Gasteiger partial charge on any atom is -0.390 e. The Hall–Kier alpha value is -0.820. The van der Waals surface area contributed by atoms with Crippen LogP contribution in [0.2, 0.25) is 0 Å². The maximum atomic E-state index is 9.64. The largest absolute Gasteiger partial charge is 0.390 e. The van der Waals surface area contributed by atoms with Gasteiger partial charge in [-0.2, -0.15) is 0 Å². The van der Waals surface area contributed by atoms with Crippen molar-refractivity contribution in [1.82, 2.24) is 0 Å². The molecule has 0 saturated heterocycles. The van der Waals surface area contributed by atoms with Crippen LogP contribution in [0.4, 0.5) is 0 Å². The predicted molar refractivity (Wildman–Crippen MR) is 60.5 cm³/mol. The van der Waals surface area contributed by atoms with Crippen LogP contribution in [0.1, 0.15) is 37.0 Å². The zero-order valence-electron chi connectivity index (χ0n) is 9.59. The first-order chi connectivity index (χ1) is 6.38. The predicted octanol–water partition coefficient (Wildman–Crippen LogP) is 3.01. The van der Waals surface area contributed by atoms with Crippen LogP contribution in [0.3, 0.4) is 0 Å². The molecule has 78 valence electrons. The molecule has 0 aromatic heterocycles. The standard InChI is InChI=1S/C13H20O/c1-10-5-6-11(2)12(9-10)7-8-13(3,4)14/h5-6,9,14H,7-8H2,1-4H3. The summed E-state index contributed by atoms with van der Waals surface area (Å²) in [6.45, 7) is 7.95. The number of aryl methyl sites for hydroxylation is 3. The number of rotatable bonds is 3. The molecule has 1 heteroatoms. The second-order valence-corrected chi connectivity index (χ2v) is 4.74. The van der Waals surface area contributed by atoms with Crippen LogP contribution in [-0.4, -0.2) is 10.7 Å². The Labute approximate surface area is 86.8 Å². The molecule has 0 spiro atoms. The molecule has 14 heavy (non-hydrogen) atoms. The van der Waals surface area contributed by atoms with Crippen molar-refractivity contribution in [2.24, 2.45) is 0 Å². The normalized spacial score (nSPS) is 11.8. The summed E-state index contributed by atoms with van der Waals surface area (Å²) < 4.78 is 0. The molecular formula is C13H20O. The maximum absolute atomic E-state index is 9.64. The van der Waals surface area contributed by atoms with E-state index in [1.165, 1.54) is 16.7 Å². The van der Waals surface area contributed by atoms with Crippen molar-refractivity contribution in [2.75, 3.05) is 0 Å². The summed E-state index contributed by atoms with van der Waals surface area (Å²) >= 11 is 0. The van der Waals surface area contributed by atoms with Crippen LogP contribution in [0.15, 0.2) is 18.2 Å². The quantitative estimate of drug-likeness (QED) is 0.780. The van der Waals surface area contributed by atoms with Gasteiger partial charge in [0, 0.05) is 0 Å². The lowest BCUT2D eigenvalue weighted by Crippen LogP contribution is -2.19. The van der Waals surface area contributed by atoms with Crippen LogP contribution in [0.25, 0.3) is 0 Å². The Kier molecular flexibility index (Phi) is 3.33. The van der Waals surface area contributed by atoms with Gasteiger partial charge in [0.2, 0.25) is 0 Å². The van der Waals surface area contributed by atoms with Gasteiger partial charge in [0.05, 0.1) is 5.60 Å². The molecule has 0 aliphatic carbocycles. The first-order valence-corrected chi connectivity index (χ1v) is 5.17. The molecule has 1 nitrogen and oxygen atoms in total. The molecule has 0 fully saturated rings. The summed E-state index contributed by atoms with van der Waals surface area (Å²) in [6, 6.07) is 6.49. The van der Waals surface area contributed by atoms with Crippen molar-refractivity contribution in [3.05, 3.63) is 34.9 Å². The Bertz CT molecular complexity index is 308. The maximum Gasteiger partial charge on any atom is 0.0594 e. The SMILES string of the molecule is Cc1ccc(C)c(CCC(C)(C)O)c1. The van der Waals surface area contributed by atoms with Gasteiger partial charge in [-0.05, 0) is 51.7 Å². The second kappa shape index (κ2) is 4.14. The Balaban J connectivity index is 2.72. The molecule has 1 rings (SSSR count). The summed E-state index contributed by atoms with van der Waals surface area (Å²) in [5, 5.41) is 9.64. The lowest BCUT2D eigenvalue weighted by atomic mass is 9.95. The van der Waals surface area contributed by atoms with E-state index in [-0.39, 0.29) is 0 Å². The monoisotopic (exact) mass is 192 g/mol. The molecular weight excluding hydrogens is 172 g/mol. The van der Waals surface area contributed by atoms with Gasteiger partial charge in [-0.3, -0.25) is 0 Å². The van der Waals surface area contributed by atoms with E-state index in [0.29, 0.717) is 0 Å². The highest BCUT2D eigenvalue weighted by Crippen LogP contribution is 2.17. The van der Waals surface area contributed by atoms with Gasteiger partial charge in [-0.25, -0.2) is 0 Å². The van der Waals surface area contributed by atoms with E-state index in [9.17, 15) is 5.11 Å². The van der Waals surface area contributed by atoms with Crippen LogP contribution < -0.4 is 0 Å². The van der Waals surface area contributed by atoms with E-state index in [2.05, 4.69) is 32.0 Å². The summed E-state index contributed by atoms with van der Waals surface area (Å²) in [6.07, 6.45) is 1.77. The van der Waals surface area contributed by atoms with Gasteiger partial charge in [0.25, 0.3) is 0 Å². The van der Waals surface area contributed by atoms with Gasteiger partial charge < -0.3 is 5.11 Å². The van der Waals surface area contributed by atoms with Gasteiger partial charge in [0.15, 0.2) is 0 Å². The number of hydrogen-bond donors (Lipinski definition) is 1. The average Bonchev–Trinajstić information content (AvgIpc) is 2.05. The van der Waals surface area contributed by atoms with Crippen molar-refractivity contribution in [2.45, 2.75) is 46.1 Å². The van der Waals surface area contributed by atoms with E-state index in [4.69, 9.17) is 0 Å². The summed E-state index contributed by atoms with van der Waals surface area (Å²) in [5.41, 5.74) is 3.41. The Morgan fingerprint density at radius 2 is 1.86 bits per heavy atom. The third-order valence-electron chi connectivity index (χ3n) is 2.51. The van der Waals surface area contributed by atoms with E-state index >= 15 is 0 Å². The Morgan fingerprint density at radius 1 is 1.21 bits per heavy atom. The van der Waals surface area contributed by atoms with Crippen LogP contribution in [-0.2, 0) is 6.42 Å². The highest BCUT2D eigenvalue weighted by atomic mass is 16.3. The van der Waals surface area contributed by atoms with Crippen molar-refractivity contribution < 1.29 is 5.11 Å². The number of aliphatic hydroxyl groups is 1. The molecule has 1 N–H and O–H groups in total.